The Morgan fingerprint density at radius 2 is 1.86 bits per heavy atom. The maximum atomic E-state index is 14.7. The lowest BCUT2D eigenvalue weighted by Crippen LogP contribution is -2.57. The van der Waals surface area contributed by atoms with Crippen molar-refractivity contribution in [2.75, 3.05) is 11.9 Å². The number of benzene rings is 2. The number of allylic oxidation sites excluding steroid dienone is 1. The van der Waals surface area contributed by atoms with E-state index in [0.29, 0.717) is 56.0 Å². The molecule has 3 aliphatic heterocycles. The molecular formula is C40H45FN6O7S2. The monoisotopic (exact) mass is 804 g/mol. The first kappa shape index (κ1) is 38.1. The number of aryl methyl sites for hydroxylation is 1. The van der Waals surface area contributed by atoms with E-state index in [-0.39, 0.29) is 31.1 Å². The Hall–Kier alpha value is -4.83. The van der Waals surface area contributed by atoms with Crippen LogP contribution in [0.3, 0.4) is 0 Å². The molecule has 3 N–H and O–H groups in total. The molecule has 4 heterocycles. The van der Waals surface area contributed by atoms with Gasteiger partial charge in [-0.2, -0.15) is 0 Å². The summed E-state index contributed by atoms with van der Waals surface area (Å²) in [7, 11) is -3.90. The summed E-state index contributed by atoms with van der Waals surface area (Å²) in [5.41, 5.74) is 3.01. The fourth-order valence-electron chi connectivity index (χ4n) is 8.03. The molecule has 16 heteroatoms. The van der Waals surface area contributed by atoms with Crippen molar-refractivity contribution in [3.8, 4) is 11.3 Å². The van der Waals surface area contributed by atoms with Crippen molar-refractivity contribution in [2.45, 2.75) is 107 Å². The average Bonchev–Trinajstić information content (AvgIpc) is 3.97. The maximum absolute atomic E-state index is 14.7. The van der Waals surface area contributed by atoms with Crippen LogP contribution in [0.25, 0.3) is 11.3 Å². The minimum atomic E-state index is -3.90. The number of anilines is 1. The fraction of sp³-hybridized carbons (Fsp3) is 0.475. The number of nitrogens with zero attached hydrogens (tertiary/aromatic N) is 3. The lowest BCUT2D eigenvalue weighted by atomic mass is 10.1. The zero-order valence-electron chi connectivity index (χ0n) is 31.0. The molecule has 296 valence electrons. The molecule has 2 aromatic carbocycles. The van der Waals surface area contributed by atoms with Crippen molar-refractivity contribution in [3.05, 3.63) is 82.5 Å². The van der Waals surface area contributed by atoms with Crippen LogP contribution in [0.15, 0.2) is 60.0 Å². The van der Waals surface area contributed by atoms with Crippen LogP contribution >= 0.6 is 11.3 Å². The van der Waals surface area contributed by atoms with Gasteiger partial charge in [-0.3, -0.25) is 24.0 Å². The molecule has 3 aromatic rings. The number of sulfonamides is 1. The van der Waals surface area contributed by atoms with Gasteiger partial charge in [-0.15, -0.1) is 11.3 Å². The number of halogens is 1. The van der Waals surface area contributed by atoms with Gasteiger partial charge in [0.2, 0.25) is 21.8 Å². The number of hydrogen-bond acceptors (Lipinski definition) is 10. The van der Waals surface area contributed by atoms with Crippen molar-refractivity contribution in [3.63, 3.8) is 0 Å². The number of hydrogen-bond donors (Lipinski definition) is 3. The van der Waals surface area contributed by atoms with Crippen molar-refractivity contribution in [1.29, 1.82) is 0 Å². The number of carbonyl (C=O) groups is 4. The van der Waals surface area contributed by atoms with E-state index in [4.69, 9.17) is 4.74 Å². The van der Waals surface area contributed by atoms with Gasteiger partial charge in [-0.1, -0.05) is 43.2 Å². The van der Waals surface area contributed by atoms with Crippen LogP contribution in [0.2, 0.25) is 0 Å². The molecule has 4 amide bonds. The largest absolute Gasteiger partial charge is 0.444 e. The summed E-state index contributed by atoms with van der Waals surface area (Å²) in [6.07, 6.45) is 7.05. The van der Waals surface area contributed by atoms with Crippen molar-refractivity contribution in [1.82, 2.24) is 24.8 Å². The number of amides is 4. The molecule has 13 nitrogen and oxygen atoms in total. The highest BCUT2D eigenvalue weighted by Crippen LogP contribution is 2.46. The molecule has 0 unspecified atom stereocenters. The van der Waals surface area contributed by atoms with Gasteiger partial charge >= 0.3 is 6.09 Å². The summed E-state index contributed by atoms with van der Waals surface area (Å²) < 4.78 is 47.5. The quantitative estimate of drug-likeness (QED) is 0.274. The molecule has 8 rings (SSSR count). The third kappa shape index (κ3) is 7.90. The number of aromatic nitrogens is 1. The third-order valence-electron chi connectivity index (χ3n) is 11.5. The summed E-state index contributed by atoms with van der Waals surface area (Å²) in [5.74, 6) is -2.60. The van der Waals surface area contributed by atoms with Gasteiger partial charge in [0.1, 0.15) is 29.5 Å². The molecule has 0 bridgehead atoms. The molecule has 56 heavy (non-hydrogen) atoms. The zero-order chi connectivity index (χ0) is 39.2. The highest BCUT2D eigenvalue weighted by atomic mass is 32.2. The number of ether oxygens (including phenoxy) is 1. The van der Waals surface area contributed by atoms with E-state index in [1.807, 2.05) is 42.7 Å². The van der Waals surface area contributed by atoms with Crippen molar-refractivity contribution in [2.24, 2.45) is 5.92 Å². The van der Waals surface area contributed by atoms with Crippen molar-refractivity contribution >= 4 is 50.3 Å². The number of nitrogens with one attached hydrogen (secondary N) is 3. The lowest BCUT2D eigenvalue weighted by Gasteiger charge is -2.29. The Morgan fingerprint density at radius 3 is 2.62 bits per heavy atom. The molecule has 0 radical (unpaired) electrons. The molecule has 3 fully saturated rings. The zero-order valence-corrected chi connectivity index (χ0v) is 32.7. The Kier molecular flexibility index (Phi) is 10.4. The number of fused-ring (bicyclic) bond motifs is 3. The third-order valence-corrected chi connectivity index (χ3v) is 14.1. The summed E-state index contributed by atoms with van der Waals surface area (Å²) >= 11 is 1.30. The van der Waals surface area contributed by atoms with Gasteiger partial charge in [0, 0.05) is 36.4 Å². The van der Waals surface area contributed by atoms with Crippen LogP contribution in [0, 0.1) is 18.7 Å². The topological polar surface area (TPSA) is 167 Å². The number of rotatable bonds is 7. The van der Waals surface area contributed by atoms with Gasteiger partial charge in [-0.05, 0) is 86.4 Å². The Morgan fingerprint density at radius 1 is 1.05 bits per heavy atom. The summed E-state index contributed by atoms with van der Waals surface area (Å²) in [6, 6.07) is 9.99. The standard InChI is InChI=1S/C40H45FN6O7S2/c1-24-8-7-9-26-20-46(22-31(24)26)39(51)54-29-18-34-35(48)44-40(37(50)45-56(52,53)30-16-17-30)19-27(40)10-5-3-2-4-6-11-32(36(49)47(34)21-29)42-38-43-33(23-55-38)25-12-14-28(41)15-13-25/h5,7-10,12-15,23,27,29-30,32,34H,2-4,6,11,16-22H2,1H3,(H,42,43)(H,44,48)(H,45,50)/b10-5-/t27-,29-,32+,34+,40-/m1/s1. The predicted molar refractivity (Wildman–Crippen MR) is 207 cm³/mol. The second-order valence-corrected chi connectivity index (χ2v) is 18.4. The van der Waals surface area contributed by atoms with Crippen LogP contribution in [-0.2, 0) is 42.2 Å². The van der Waals surface area contributed by atoms with E-state index in [1.165, 1.54) is 28.4 Å². The van der Waals surface area contributed by atoms with Gasteiger partial charge in [0.05, 0.1) is 17.5 Å². The molecule has 2 saturated carbocycles. The molecule has 0 spiro atoms. The fourth-order valence-corrected chi connectivity index (χ4v) is 10.2. The molecular weight excluding hydrogens is 760 g/mol. The van der Waals surface area contributed by atoms with Crippen LogP contribution < -0.4 is 15.4 Å². The molecule has 5 atom stereocenters. The molecule has 1 saturated heterocycles. The van der Waals surface area contributed by atoms with Crippen LogP contribution in [-0.4, -0.2) is 82.5 Å². The first-order chi connectivity index (χ1) is 26.9. The van der Waals surface area contributed by atoms with Gasteiger partial charge in [0.25, 0.3) is 5.91 Å². The average molecular weight is 805 g/mol. The first-order valence-corrected chi connectivity index (χ1v) is 21.7. The summed E-state index contributed by atoms with van der Waals surface area (Å²) in [4.78, 5) is 64.1. The van der Waals surface area contributed by atoms with Gasteiger partial charge in [-0.25, -0.2) is 22.6 Å². The Balaban J connectivity index is 1.06. The van der Waals surface area contributed by atoms with E-state index in [0.717, 1.165) is 35.1 Å². The van der Waals surface area contributed by atoms with E-state index < -0.39 is 62.8 Å². The van der Waals surface area contributed by atoms with E-state index in [9.17, 15) is 32.0 Å². The van der Waals surface area contributed by atoms with Gasteiger partial charge < -0.3 is 20.3 Å². The SMILES string of the molecule is Cc1cccc2c1CN(C(=O)O[C@@H]1C[C@H]3C(=O)N[C@]4(C(=O)NS(=O)(=O)C5CC5)C[C@H]4/C=C\CCCCC[C@H](Nc4nc(-c5ccc(F)cc5)cs4)C(=O)N3C1)C2. The van der Waals surface area contributed by atoms with E-state index in [1.54, 1.807) is 17.0 Å². The van der Waals surface area contributed by atoms with Crippen LogP contribution in [0.4, 0.5) is 14.3 Å². The highest BCUT2D eigenvalue weighted by Gasteiger charge is 2.62. The molecule has 5 aliphatic rings. The van der Waals surface area contributed by atoms with E-state index >= 15 is 0 Å². The Labute approximate surface area is 329 Å². The smallest absolute Gasteiger partial charge is 0.410 e. The second kappa shape index (κ2) is 15.3. The number of carbonyl (C=O) groups excluding carboxylic acids is 4. The second-order valence-electron chi connectivity index (χ2n) is 15.6. The summed E-state index contributed by atoms with van der Waals surface area (Å²) in [6.45, 7) is 2.70. The lowest BCUT2D eigenvalue weighted by molar-refractivity contribution is -0.140. The molecule has 2 aliphatic carbocycles. The van der Waals surface area contributed by atoms with Crippen LogP contribution in [0.5, 0.6) is 0 Å². The summed E-state index contributed by atoms with van der Waals surface area (Å²) in [5, 5.41) is 7.84. The molecule has 1 aromatic heterocycles. The predicted octanol–water partition coefficient (Wildman–Crippen LogP) is 5.16. The van der Waals surface area contributed by atoms with Crippen LogP contribution in [0.1, 0.15) is 74.5 Å². The van der Waals surface area contributed by atoms with Crippen molar-refractivity contribution < 1.29 is 36.7 Å². The minimum Gasteiger partial charge on any atom is -0.444 e. The minimum absolute atomic E-state index is 0.0135. The highest BCUT2D eigenvalue weighted by molar-refractivity contribution is 7.91. The maximum Gasteiger partial charge on any atom is 0.410 e. The first-order valence-electron chi connectivity index (χ1n) is 19.3. The normalized spacial score (nSPS) is 27.2. The van der Waals surface area contributed by atoms with E-state index in [2.05, 4.69) is 20.3 Å². The number of thiazole rings is 1. The van der Waals surface area contributed by atoms with Gasteiger partial charge in [0.15, 0.2) is 5.13 Å². The Bertz CT molecular complexity index is 2170.